The second-order valence-electron chi connectivity index (χ2n) is 12.7. The zero-order valence-electron chi connectivity index (χ0n) is 31.2. The van der Waals surface area contributed by atoms with Crippen molar-refractivity contribution in [3.05, 3.63) is 177 Å². The Morgan fingerprint density at radius 3 is 0.796 bits per heavy atom. The van der Waals surface area contributed by atoms with Crippen molar-refractivity contribution in [1.29, 1.82) is 0 Å². The SMILES string of the molecule is Cc1cccc(Nc2ccccc2C(=O)O)c1C.Cc1cccc(Nc2ccccc2C(=O)O)c1C.Cc1cccc(Nc2ccccc2C(=O)O)c1C. The maximum Gasteiger partial charge on any atom is 0.337 e. The minimum absolute atomic E-state index is 0.276. The molecule has 6 aromatic rings. The average Bonchev–Trinajstić information content (AvgIpc) is 3.15. The van der Waals surface area contributed by atoms with Gasteiger partial charge in [-0.15, -0.1) is 0 Å². The molecule has 0 bridgehead atoms. The first-order valence-corrected chi connectivity index (χ1v) is 17.2. The maximum atomic E-state index is 11.1. The summed E-state index contributed by atoms with van der Waals surface area (Å²) in [5, 5.41) is 36.9. The summed E-state index contributed by atoms with van der Waals surface area (Å²) in [6, 6.07) is 38.5. The molecule has 0 unspecified atom stereocenters. The van der Waals surface area contributed by atoms with E-state index in [2.05, 4.69) is 16.0 Å². The lowest BCUT2D eigenvalue weighted by Gasteiger charge is -2.13. The van der Waals surface area contributed by atoms with Crippen molar-refractivity contribution in [2.24, 2.45) is 0 Å². The summed E-state index contributed by atoms with van der Waals surface area (Å²) in [5.41, 5.74) is 12.4. The van der Waals surface area contributed by atoms with E-state index in [1.54, 1.807) is 54.6 Å². The van der Waals surface area contributed by atoms with E-state index >= 15 is 0 Å². The highest BCUT2D eigenvalue weighted by Crippen LogP contribution is 2.27. The summed E-state index contributed by atoms with van der Waals surface area (Å²) in [5.74, 6) is -2.78. The normalized spacial score (nSPS) is 10.1. The smallest absolute Gasteiger partial charge is 0.337 e. The molecule has 0 amide bonds. The number of benzene rings is 6. The zero-order valence-corrected chi connectivity index (χ0v) is 31.2. The van der Waals surface area contributed by atoms with Crippen LogP contribution in [0.1, 0.15) is 64.5 Å². The van der Waals surface area contributed by atoms with E-state index in [-0.39, 0.29) is 16.7 Å². The highest BCUT2D eigenvalue weighted by molar-refractivity contribution is 5.96. The Morgan fingerprint density at radius 2 is 0.556 bits per heavy atom. The third kappa shape index (κ3) is 10.4. The predicted molar refractivity (Wildman–Crippen MR) is 218 cm³/mol. The van der Waals surface area contributed by atoms with E-state index in [4.69, 9.17) is 15.3 Å². The van der Waals surface area contributed by atoms with Gasteiger partial charge >= 0.3 is 17.9 Å². The van der Waals surface area contributed by atoms with Crippen LogP contribution < -0.4 is 16.0 Å². The number of rotatable bonds is 9. The standard InChI is InChI=1S/3C15H15NO2/c3*1-10-6-5-9-13(11(10)2)16-14-8-4-3-7-12(14)15(17)18/h3*3-9,16H,1-2H3,(H,17,18). The molecule has 276 valence electrons. The number of carboxylic acids is 3. The number of aryl methyl sites for hydroxylation is 3. The molecule has 0 saturated heterocycles. The molecule has 0 saturated carbocycles. The minimum atomic E-state index is -0.927. The van der Waals surface area contributed by atoms with Gasteiger partial charge in [0.15, 0.2) is 0 Å². The average molecular weight is 724 g/mol. The largest absolute Gasteiger partial charge is 0.478 e. The van der Waals surface area contributed by atoms with Crippen LogP contribution in [0.4, 0.5) is 34.1 Å². The van der Waals surface area contributed by atoms with Crippen molar-refractivity contribution in [2.45, 2.75) is 41.5 Å². The second-order valence-corrected chi connectivity index (χ2v) is 12.7. The first-order chi connectivity index (χ1) is 25.8. The maximum absolute atomic E-state index is 11.1. The fourth-order valence-corrected chi connectivity index (χ4v) is 5.43. The van der Waals surface area contributed by atoms with Crippen molar-refractivity contribution in [3.63, 3.8) is 0 Å². The van der Waals surface area contributed by atoms with Gasteiger partial charge in [0.2, 0.25) is 0 Å². The predicted octanol–water partition coefficient (Wildman–Crippen LogP) is 11.2. The van der Waals surface area contributed by atoms with Gasteiger partial charge in [-0.1, -0.05) is 72.8 Å². The van der Waals surface area contributed by atoms with Gasteiger partial charge in [-0.2, -0.15) is 0 Å². The Morgan fingerprint density at radius 1 is 0.333 bits per heavy atom. The molecule has 0 fully saturated rings. The Kier molecular flexibility index (Phi) is 13.7. The molecule has 6 aromatic carbocycles. The summed E-state index contributed by atoms with van der Waals surface area (Å²) >= 11 is 0. The summed E-state index contributed by atoms with van der Waals surface area (Å²) in [7, 11) is 0. The lowest BCUT2D eigenvalue weighted by atomic mass is 10.1. The highest BCUT2D eigenvalue weighted by atomic mass is 16.4. The molecule has 0 aliphatic carbocycles. The zero-order chi connectivity index (χ0) is 39.4. The minimum Gasteiger partial charge on any atom is -0.478 e. The number of aromatic carboxylic acids is 3. The van der Waals surface area contributed by atoms with Gasteiger partial charge in [0.1, 0.15) is 0 Å². The molecule has 6 rings (SSSR count). The topological polar surface area (TPSA) is 148 Å². The third-order valence-corrected chi connectivity index (χ3v) is 9.09. The van der Waals surface area contributed by atoms with Crippen LogP contribution in [0.3, 0.4) is 0 Å². The van der Waals surface area contributed by atoms with Gasteiger partial charge in [-0.3, -0.25) is 0 Å². The monoisotopic (exact) mass is 723 g/mol. The van der Waals surface area contributed by atoms with E-state index in [0.717, 1.165) is 33.8 Å². The fourth-order valence-electron chi connectivity index (χ4n) is 5.43. The molecule has 9 nitrogen and oxygen atoms in total. The van der Waals surface area contributed by atoms with Gasteiger partial charge in [-0.25, -0.2) is 14.4 Å². The number of anilines is 6. The van der Waals surface area contributed by atoms with Crippen LogP contribution in [-0.2, 0) is 0 Å². The molecule has 0 aliphatic rings. The lowest BCUT2D eigenvalue weighted by Crippen LogP contribution is -2.03. The number of hydrogen-bond donors (Lipinski definition) is 6. The molecule has 0 radical (unpaired) electrons. The first kappa shape index (κ1) is 39.9. The summed E-state index contributed by atoms with van der Waals surface area (Å²) in [6.07, 6.45) is 0. The van der Waals surface area contributed by atoms with Crippen LogP contribution in [0.2, 0.25) is 0 Å². The Balaban J connectivity index is 0.000000180. The number of para-hydroxylation sites is 3. The molecule has 0 spiro atoms. The second kappa shape index (κ2) is 18.6. The Bertz CT molecular complexity index is 2030. The van der Waals surface area contributed by atoms with E-state index in [9.17, 15) is 14.4 Å². The van der Waals surface area contributed by atoms with Crippen LogP contribution in [-0.4, -0.2) is 33.2 Å². The molecule has 54 heavy (non-hydrogen) atoms. The number of nitrogens with one attached hydrogen (secondary N) is 3. The highest BCUT2D eigenvalue weighted by Gasteiger charge is 2.12. The molecule has 6 N–H and O–H groups in total. The molecule has 0 heterocycles. The molecular formula is C45H45N3O6. The van der Waals surface area contributed by atoms with Gasteiger partial charge in [0.25, 0.3) is 0 Å². The van der Waals surface area contributed by atoms with E-state index < -0.39 is 17.9 Å². The van der Waals surface area contributed by atoms with Crippen molar-refractivity contribution >= 4 is 52.0 Å². The molecular weight excluding hydrogens is 679 g/mol. The van der Waals surface area contributed by atoms with Crippen LogP contribution in [0, 0.1) is 41.5 Å². The van der Waals surface area contributed by atoms with Crippen molar-refractivity contribution < 1.29 is 29.7 Å². The van der Waals surface area contributed by atoms with Crippen molar-refractivity contribution in [3.8, 4) is 0 Å². The molecule has 9 heteroatoms. The van der Waals surface area contributed by atoms with E-state index in [1.807, 2.05) is 114 Å². The van der Waals surface area contributed by atoms with Gasteiger partial charge in [-0.05, 0) is 130 Å². The van der Waals surface area contributed by atoms with Gasteiger partial charge in [0, 0.05) is 17.1 Å². The number of carboxylic acid groups (broad SMARTS) is 3. The summed E-state index contributed by atoms with van der Waals surface area (Å²) in [4.78, 5) is 33.4. The van der Waals surface area contributed by atoms with Crippen LogP contribution in [0.15, 0.2) is 127 Å². The Hall–Kier alpha value is -6.87. The summed E-state index contributed by atoms with van der Waals surface area (Å²) in [6.45, 7) is 12.1. The van der Waals surface area contributed by atoms with Crippen molar-refractivity contribution in [1.82, 2.24) is 0 Å². The first-order valence-electron chi connectivity index (χ1n) is 17.2. The summed E-state index contributed by atoms with van der Waals surface area (Å²) < 4.78 is 0. The van der Waals surface area contributed by atoms with Gasteiger partial charge < -0.3 is 31.3 Å². The van der Waals surface area contributed by atoms with Crippen molar-refractivity contribution in [2.75, 3.05) is 16.0 Å². The molecule has 0 atom stereocenters. The van der Waals surface area contributed by atoms with Crippen LogP contribution in [0.5, 0.6) is 0 Å². The Labute approximate surface area is 316 Å². The number of carbonyl (C=O) groups is 3. The van der Waals surface area contributed by atoms with E-state index in [1.165, 1.54) is 16.7 Å². The fraction of sp³-hybridized carbons (Fsp3) is 0.133. The third-order valence-electron chi connectivity index (χ3n) is 9.09. The van der Waals surface area contributed by atoms with Crippen LogP contribution >= 0.6 is 0 Å². The lowest BCUT2D eigenvalue weighted by molar-refractivity contribution is 0.0687. The number of hydrogen-bond acceptors (Lipinski definition) is 6. The van der Waals surface area contributed by atoms with Crippen LogP contribution in [0.25, 0.3) is 0 Å². The van der Waals surface area contributed by atoms with E-state index in [0.29, 0.717) is 17.1 Å². The molecule has 0 aliphatic heterocycles. The molecule has 0 aromatic heterocycles. The van der Waals surface area contributed by atoms with Gasteiger partial charge in [0.05, 0.1) is 33.8 Å². The quantitative estimate of drug-likeness (QED) is 0.0857.